The van der Waals surface area contributed by atoms with Gasteiger partial charge in [0.2, 0.25) is 0 Å². The van der Waals surface area contributed by atoms with Crippen LogP contribution in [-0.4, -0.2) is 35.1 Å². The molecule has 1 N–H and O–H groups in total. The van der Waals surface area contributed by atoms with Crippen molar-refractivity contribution in [2.75, 3.05) is 14.2 Å². The first-order valence-corrected chi connectivity index (χ1v) is 6.40. The molecular formula is C15H18N2O4. The zero-order chi connectivity index (χ0) is 15.7. The number of carboxylic acid groups (broad SMARTS) is 1. The largest absolute Gasteiger partial charge is 0.496 e. The molecule has 0 spiro atoms. The van der Waals surface area contributed by atoms with Gasteiger partial charge in [0.25, 0.3) is 0 Å². The molecule has 0 saturated carbocycles. The summed E-state index contributed by atoms with van der Waals surface area (Å²) < 4.78 is 12.4. The zero-order valence-corrected chi connectivity index (χ0v) is 12.7. The molecule has 6 heteroatoms. The Morgan fingerprint density at radius 1 is 1.24 bits per heavy atom. The number of carbonyl (C=O) groups is 1. The number of aromatic carboxylic acids is 1. The Kier molecular flexibility index (Phi) is 3.88. The molecule has 1 heterocycles. The lowest BCUT2D eigenvalue weighted by Gasteiger charge is -2.17. The van der Waals surface area contributed by atoms with E-state index in [0.29, 0.717) is 11.4 Å². The van der Waals surface area contributed by atoms with Crippen LogP contribution in [0.25, 0.3) is 11.3 Å². The van der Waals surface area contributed by atoms with E-state index in [1.807, 2.05) is 19.9 Å². The third-order valence-electron chi connectivity index (χ3n) is 3.46. The molecule has 2 aromatic rings. The fourth-order valence-electron chi connectivity index (χ4n) is 2.45. The van der Waals surface area contributed by atoms with Gasteiger partial charge < -0.3 is 14.6 Å². The molecule has 0 bridgehead atoms. The van der Waals surface area contributed by atoms with E-state index in [4.69, 9.17) is 14.6 Å². The average Bonchev–Trinajstić information content (AvgIpc) is 2.82. The number of rotatable bonds is 4. The summed E-state index contributed by atoms with van der Waals surface area (Å²) in [5.74, 6) is 0.350. The Hall–Kier alpha value is -2.50. The van der Waals surface area contributed by atoms with Gasteiger partial charge in [0.05, 0.1) is 19.9 Å². The SMILES string of the molecule is COc1cc(C)c(OC)c(-c2cc(C(=O)O)nn2C)c1C. The van der Waals surface area contributed by atoms with Crippen LogP contribution in [0.1, 0.15) is 21.6 Å². The van der Waals surface area contributed by atoms with Gasteiger partial charge in [-0.05, 0) is 31.5 Å². The molecule has 1 aromatic carbocycles. The second-order valence-electron chi connectivity index (χ2n) is 4.77. The van der Waals surface area contributed by atoms with Gasteiger partial charge in [-0.15, -0.1) is 0 Å². The van der Waals surface area contributed by atoms with Crippen molar-refractivity contribution in [3.05, 3.63) is 29.0 Å². The van der Waals surface area contributed by atoms with E-state index < -0.39 is 5.97 Å². The summed E-state index contributed by atoms with van der Waals surface area (Å²) in [4.78, 5) is 11.1. The Bertz CT molecular complexity index is 704. The maximum absolute atomic E-state index is 11.1. The number of methoxy groups -OCH3 is 2. The minimum atomic E-state index is -1.06. The number of aryl methyl sites for hydroxylation is 2. The fraction of sp³-hybridized carbons (Fsp3) is 0.333. The molecule has 0 saturated heterocycles. The molecule has 0 aliphatic carbocycles. The Morgan fingerprint density at radius 2 is 1.90 bits per heavy atom. The Labute approximate surface area is 122 Å². The van der Waals surface area contributed by atoms with E-state index in [-0.39, 0.29) is 5.69 Å². The summed E-state index contributed by atoms with van der Waals surface area (Å²) in [5, 5.41) is 13.1. The second kappa shape index (κ2) is 5.47. The highest BCUT2D eigenvalue weighted by atomic mass is 16.5. The van der Waals surface area contributed by atoms with E-state index in [9.17, 15) is 4.79 Å². The lowest BCUT2D eigenvalue weighted by atomic mass is 9.99. The molecule has 6 nitrogen and oxygen atoms in total. The van der Waals surface area contributed by atoms with E-state index >= 15 is 0 Å². The molecule has 0 fully saturated rings. The highest BCUT2D eigenvalue weighted by Gasteiger charge is 2.21. The minimum absolute atomic E-state index is 0.00516. The summed E-state index contributed by atoms with van der Waals surface area (Å²) in [7, 11) is 4.89. The highest BCUT2D eigenvalue weighted by molar-refractivity contribution is 5.88. The molecule has 0 aliphatic heterocycles. The van der Waals surface area contributed by atoms with Gasteiger partial charge in [-0.25, -0.2) is 4.79 Å². The van der Waals surface area contributed by atoms with Gasteiger partial charge in [0.1, 0.15) is 11.5 Å². The van der Waals surface area contributed by atoms with Gasteiger partial charge in [-0.1, -0.05) is 0 Å². The van der Waals surface area contributed by atoms with Gasteiger partial charge in [0, 0.05) is 18.2 Å². The van der Waals surface area contributed by atoms with E-state index in [1.54, 1.807) is 21.3 Å². The predicted octanol–water partition coefficient (Wildman–Crippen LogP) is 2.42. The summed E-state index contributed by atoms with van der Waals surface area (Å²) in [5.41, 5.74) is 3.24. The average molecular weight is 290 g/mol. The van der Waals surface area contributed by atoms with E-state index in [1.165, 1.54) is 10.7 Å². The first kappa shape index (κ1) is 14.9. The summed E-state index contributed by atoms with van der Waals surface area (Å²) in [6.07, 6.45) is 0. The highest BCUT2D eigenvalue weighted by Crippen LogP contribution is 2.40. The first-order valence-electron chi connectivity index (χ1n) is 6.40. The van der Waals surface area contributed by atoms with Crippen molar-refractivity contribution in [3.8, 4) is 22.8 Å². The standard InChI is InChI=1S/C15H18N2O4/c1-8-6-12(20-4)9(2)13(14(8)21-5)11-7-10(15(18)19)16-17(11)3/h6-7H,1-5H3,(H,18,19). The van der Waals surface area contributed by atoms with Crippen molar-refractivity contribution in [3.63, 3.8) is 0 Å². The third-order valence-corrected chi connectivity index (χ3v) is 3.46. The maximum Gasteiger partial charge on any atom is 0.356 e. The van der Waals surface area contributed by atoms with Gasteiger partial charge in [0.15, 0.2) is 5.69 Å². The van der Waals surface area contributed by atoms with Crippen molar-refractivity contribution in [1.82, 2.24) is 9.78 Å². The topological polar surface area (TPSA) is 73.6 Å². The molecule has 1 aromatic heterocycles. The second-order valence-corrected chi connectivity index (χ2v) is 4.77. The van der Waals surface area contributed by atoms with Crippen LogP contribution in [0.4, 0.5) is 0 Å². The fourth-order valence-corrected chi connectivity index (χ4v) is 2.45. The van der Waals surface area contributed by atoms with Crippen LogP contribution in [-0.2, 0) is 7.05 Å². The quantitative estimate of drug-likeness (QED) is 0.936. The number of aromatic nitrogens is 2. The van der Waals surface area contributed by atoms with Crippen LogP contribution in [0.2, 0.25) is 0 Å². The maximum atomic E-state index is 11.1. The van der Waals surface area contributed by atoms with Crippen molar-refractivity contribution < 1.29 is 19.4 Å². The summed E-state index contributed by atoms with van der Waals surface area (Å²) in [6, 6.07) is 3.43. The Balaban J connectivity index is 2.78. The lowest BCUT2D eigenvalue weighted by Crippen LogP contribution is -2.02. The van der Waals surface area contributed by atoms with E-state index in [2.05, 4.69) is 5.10 Å². The molecule has 21 heavy (non-hydrogen) atoms. The van der Waals surface area contributed by atoms with Crippen molar-refractivity contribution in [2.45, 2.75) is 13.8 Å². The van der Waals surface area contributed by atoms with E-state index in [0.717, 1.165) is 22.4 Å². The molecule has 0 amide bonds. The molecule has 0 atom stereocenters. The van der Waals surface area contributed by atoms with Gasteiger partial charge >= 0.3 is 5.97 Å². The lowest BCUT2D eigenvalue weighted by molar-refractivity contribution is 0.0689. The summed E-state index contributed by atoms with van der Waals surface area (Å²) in [6.45, 7) is 3.82. The molecule has 0 radical (unpaired) electrons. The van der Waals surface area contributed by atoms with Crippen LogP contribution in [0.15, 0.2) is 12.1 Å². The number of ether oxygens (including phenoxy) is 2. The third kappa shape index (κ3) is 2.44. The number of benzene rings is 1. The summed E-state index contributed by atoms with van der Waals surface area (Å²) >= 11 is 0. The van der Waals surface area contributed by atoms with Crippen LogP contribution in [0.3, 0.4) is 0 Å². The number of hydrogen-bond donors (Lipinski definition) is 1. The molecule has 2 rings (SSSR count). The van der Waals surface area contributed by atoms with Crippen molar-refractivity contribution >= 4 is 5.97 Å². The molecule has 112 valence electrons. The van der Waals surface area contributed by atoms with Crippen LogP contribution in [0, 0.1) is 13.8 Å². The van der Waals surface area contributed by atoms with Gasteiger partial charge in [-0.2, -0.15) is 5.10 Å². The number of carboxylic acids is 1. The molecule has 0 unspecified atom stereocenters. The number of hydrogen-bond acceptors (Lipinski definition) is 4. The zero-order valence-electron chi connectivity index (χ0n) is 12.7. The molecular weight excluding hydrogens is 272 g/mol. The monoisotopic (exact) mass is 290 g/mol. The Morgan fingerprint density at radius 3 is 2.38 bits per heavy atom. The van der Waals surface area contributed by atoms with Gasteiger partial charge in [-0.3, -0.25) is 4.68 Å². The minimum Gasteiger partial charge on any atom is -0.496 e. The van der Waals surface area contributed by atoms with Crippen LogP contribution in [0.5, 0.6) is 11.5 Å². The van der Waals surface area contributed by atoms with Crippen LogP contribution >= 0.6 is 0 Å². The van der Waals surface area contributed by atoms with Crippen LogP contribution < -0.4 is 9.47 Å². The van der Waals surface area contributed by atoms with Crippen molar-refractivity contribution in [2.24, 2.45) is 7.05 Å². The number of nitrogens with zero attached hydrogens (tertiary/aromatic N) is 2. The first-order chi connectivity index (χ1) is 9.90. The predicted molar refractivity (Wildman–Crippen MR) is 78.2 cm³/mol. The molecule has 0 aliphatic rings. The normalized spacial score (nSPS) is 10.5. The van der Waals surface area contributed by atoms with Crippen molar-refractivity contribution in [1.29, 1.82) is 0 Å². The smallest absolute Gasteiger partial charge is 0.356 e.